The lowest BCUT2D eigenvalue weighted by molar-refractivity contribution is -0.147. The number of pyridine rings is 1. The van der Waals surface area contributed by atoms with Crippen molar-refractivity contribution in [2.45, 2.75) is 59.0 Å². The maximum absolute atomic E-state index is 14.8. The molecule has 1 aromatic heterocycles. The first kappa shape index (κ1) is 34.1. The topological polar surface area (TPSA) is 69.6 Å². The second kappa shape index (κ2) is 16.0. The number of nitrogens with one attached hydrogen (secondary N) is 1. The number of hydrogen-bond donors (Lipinski definition) is 1. The van der Waals surface area contributed by atoms with Gasteiger partial charge in [-0.1, -0.05) is 38.4 Å². The molecule has 4 aromatic rings. The van der Waals surface area contributed by atoms with Crippen LogP contribution in [0.3, 0.4) is 0 Å². The molecule has 0 aliphatic heterocycles. The second-order valence-corrected chi connectivity index (χ2v) is 12.0. The number of hydrogen-bond acceptors (Lipinski definition) is 5. The molecule has 0 unspecified atom stereocenters. The first-order valence-corrected chi connectivity index (χ1v) is 15.6. The number of fused-ring (bicyclic) bond motifs is 1. The van der Waals surface area contributed by atoms with E-state index in [2.05, 4.69) is 26.1 Å². The molecule has 0 radical (unpaired) electrons. The van der Waals surface area contributed by atoms with Gasteiger partial charge in [0.1, 0.15) is 35.0 Å². The van der Waals surface area contributed by atoms with Crippen LogP contribution in [0.5, 0.6) is 5.75 Å². The van der Waals surface area contributed by atoms with Gasteiger partial charge in [-0.2, -0.15) is 0 Å². The highest BCUT2D eigenvalue weighted by Gasteiger charge is 2.20. The lowest BCUT2D eigenvalue weighted by atomic mass is 9.99. The van der Waals surface area contributed by atoms with Gasteiger partial charge in [0.05, 0.1) is 23.7 Å². The molecule has 240 valence electrons. The van der Waals surface area contributed by atoms with Gasteiger partial charge in [0.2, 0.25) is 0 Å². The van der Waals surface area contributed by atoms with Gasteiger partial charge < -0.3 is 14.8 Å². The molecule has 0 bridgehead atoms. The van der Waals surface area contributed by atoms with Crippen molar-refractivity contribution in [3.8, 4) is 22.6 Å². The Morgan fingerprint density at radius 2 is 1.67 bits per heavy atom. The van der Waals surface area contributed by atoms with E-state index in [1.807, 2.05) is 0 Å². The number of para-hydroxylation sites is 1. The highest BCUT2D eigenvalue weighted by Crippen LogP contribution is 2.37. The highest BCUT2D eigenvalue weighted by molar-refractivity contribution is 6.33. The van der Waals surface area contributed by atoms with Crippen molar-refractivity contribution >= 4 is 28.5 Å². The molecule has 45 heavy (non-hydrogen) atoms. The Labute approximate surface area is 266 Å². The van der Waals surface area contributed by atoms with E-state index in [1.165, 1.54) is 36.4 Å². The maximum atomic E-state index is 14.8. The summed E-state index contributed by atoms with van der Waals surface area (Å²) in [7, 11) is 0. The third-order valence-electron chi connectivity index (χ3n) is 7.00. The van der Waals surface area contributed by atoms with Crippen LogP contribution in [-0.4, -0.2) is 36.3 Å². The first-order chi connectivity index (χ1) is 21.5. The van der Waals surface area contributed by atoms with Crippen molar-refractivity contribution in [2.75, 3.05) is 19.7 Å². The van der Waals surface area contributed by atoms with Gasteiger partial charge in [0, 0.05) is 23.1 Å². The van der Waals surface area contributed by atoms with E-state index in [9.17, 15) is 22.8 Å². The Balaban J connectivity index is 0.00000109. The van der Waals surface area contributed by atoms with Crippen LogP contribution in [0, 0.1) is 23.4 Å². The number of benzene rings is 3. The molecule has 1 N–H and O–H groups in total. The van der Waals surface area contributed by atoms with Crippen LogP contribution in [0.1, 0.15) is 52.9 Å². The number of esters is 1. The number of halogens is 4. The Morgan fingerprint density at radius 1 is 0.978 bits per heavy atom. The van der Waals surface area contributed by atoms with Crippen molar-refractivity contribution in [1.82, 2.24) is 9.88 Å². The average Bonchev–Trinajstić information content (AvgIpc) is 3.48. The molecule has 1 saturated carbocycles. The normalized spacial score (nSPS) is 13.2. The Bertz CT molecular complexity index is 1660. The molecule has 1 fully saturated rings. The fourth-order valence-electron chi connectivity index (χ4n) is 5.08. The number of rotatable bonds is 10. The molecular formula is C35H38ClF3N2O4. The van der Waals surface area contributed by atoms with Crippen molar-refractivity contribution in [2.24, 2.45) is 5.92 Å². The SMILES string of the molecule is CC(C)C.O=C(CNCCCOc1cc(-c2ccc(F)cc2Cl)c2ccc(=O)n(-c3c(F)cccc3F)c2c1)OC1CCCC1. The van der Waals surface area contributed by atoms with Crippen LogP contribution in [-0.2, 0) is 9.53 Å². The monoisotopic (exact) mass is 642 g/mol. The van der Waals surface area contributed by atoms with E-state index in [1.54, 1.807) is 6.07 Å². The standard InChI is InChI=1S/C31H28ClF3N2O4.C4H10/c32-25-15-19(33)9-10-22(25)24-16-21(40-14-4-13-36-18-30(39)41-20-5-1-2-6-20)17-28-23(24)11-12-29(38)37(28)31-26(34)7-3-8-27(31)35;1-4(2)3/h3,7-12,15-17,20,36H,1-2,4-6,13-14,18H2;4H,1-3H3. The zero-order chi connectivity index (χ0) is 32.5. The van der Waals surface area contributed by atoms with Gasteiger partial charge in [-0.25, -0.2) is 13.2 Å². The molecular weight excluding hydrogens is 605 g/mol. The van der Waals surface area contributed by atoms with Crippen molar-refractivity contribution < 1.29 is 27.4 Å². The second-order valence-electron chi connectivity index (χ2n) is 11.6. The van der Waals surface area contributed by atoms with Crippen LogP contribution in [0.25, 0.3) is 27.7 Å². The lowest BCUT2D eigenvalue weighted by Gasteiger charge is -2.17. The largest absolute Gasteiger partial charge is 0.493 e. The number of ether oxygens (including phenoxy) is 2. The molecule has 10 heteroatoms. The highest BCUT2D eigenvalue weighted by atomic mass is 35.5. The summed E-state index contributed by atoms with van der Waals surface area (Å²) >= 11 is 6.38. The average molecular weight is 643 g/mol. The van der Waals surface area contributed by atoms with E-state index in [0.29, 0.717) is 35.2 Å². The summed E-state index contributed by atoms with van der Waals surface area (Å²) in [6.45, 7) is 7.31. The van der Waals surface area contributed by atoms with Gasteiger partial charge in [-0.15, -0.1) is 0 Å². The fraction of sp³-hybridized carbons (Fsp3) is 0.371. The van der Waals surface area contributed by atoms with Crippen LogP contribution in [0.15, 0.2) is 65.5 Å². The molecule has 5 rings (SSSR count). The molecule has 0 atom stereocenters. The molecule has 3 aromatic carbocycles. The van der Waals surface area contributed by atoms with Gasteiger partial charge in [-0.05, 0) is 92.6 Å². The smallest absolute Gasteiger partial charge is 0.320 e. The summed E-state index contributed by atoms with van der Waals surface area (Å²) in [4.78, 5) is 25.0. The van der Waals surface area contributed by atoms with Crippen LogP contribution in [0.4, 0.5) is 13.2 Å². The zero-order valence-corrected chi connectivity index (χ0v) is 26.4. The Hall–Kier alpha value is -3.82. The van der Waals surface area contributed by atoms with E-state index >= 15 is 0 Å². The number of carbonyl (C=O) groups excluding carboxylic acids is 1. The quantitative estimate of drug-likeness (QED) is 0.139. The van der Waals surface area contributed by atoms with Crippen molar-refractivity contribution in [3.05, 3.63) is 93.5 Å². The van der Waals surface area contributed by atoms with E-state index < -0.39 is 28.7 Å². The Morgan fingerprint density at radius 3 is 2.33 bits per heavy atom. The number of aromatic nitrogens is 1. The molecule has 6 nitrogen and oxygen atoms in total. The Kier molecular flexibility index (Phi) is 12.1. The third kappa shape index (κ3) is 9.11. The molecule has 0 spiro atoms. The van der Waals surface area contributed by atoms with Crippen LogP contribution >= 0.6 is 11.6 Å². The van der Waals surface area contributed by atoms with Crippen LogP contribution < -0.4 is 15.6 Å². The summed E-state index contributed by atoms with van der Waals surface area (Å²) in [5.41, 5.74) is -0.0540. The minimum Gasteiger partial charge on any atom is -0.493 e. The van der Waals surface area contributed by atoms with E-state index in [-0.39, 0.29) is 35.8 Å². The number of carbonyl (C=O) groups is 1. The molecule has 1 heterocycles. The van der Waals surface area contributed by atoms with Crippen molar-refractivity contribution in [1.29, 1.82) is 0 Å². The van der Waals surface area contributed by atoms with Crippen molar-refractivity contribution in [3.63, 3.8) is 0 Å². The molecule has 1 aliphatic rings. The minimum absolute atomic E-state index is 0.0135. The fourth-order valence-corrected chi connectivity index (χ4v) is 5.35. The van der Waals surface area contributed by atoms with E-state index in [4.69, 9.17) is 21.1 Å². The molecule has 0 amide bonds. The van der Waals surface area contributed by atoms with Gasteiger partial charge in [-0.3, -0.25) is 14.2 Å². The lowest BCUT2D eigenvalue weighted by Crippen LogP contribution is -2.28. The summed E-state index contributed by atoms with van der Waals surface area (Å²) in [5, 5.41) is 3.61. The summed E-state index contributed by atoms with van der Waals surface area (Å²) in [6, 6.07) is 13.2. The predicted molar refractivity (Wildman–Crippen MR) is 172 cm³/mol. The maximum Gasteiger partial charge on any atom is 0.320 e. The van der Waals surface area contributed by atoms with Gasteiger partial charge in [0.25, 0.3) is 5.56 Å². The third-order valence-corrected chi connectivity index (χ3v) is 7.32. The van der Waals surface area contributed by atoms with E-state index in [0.717, 1.165) is 54.4 Å². The summed E-state index contributed by atoms with van der Waals surface area (Å²) < 4.78 is 55.8. The summed E-state index contributed by atoms with van der Waals surface area (Å²) in [6.07, 6.45) is 4.53. The zero-order valence-electron chi connectivity index (χ0n) is 25.7. The van der Waals surface area contributed by atoms with Gasteiger partial charge >= 0.3 is 5.97 Å². The van der Waals surface area contributed by atoms with Crippen LogP contribution in [0.2, 0.25) is 5.02 Å². The number of nitrogens with zero attached hydrogens (tertiary/aromatic N) is 1. The molecule has 1 aliphatic carbocycles. The van der Waals surface area contributed by atoms with Gasteiger partial charge in [0.15, 0.2) is 0 Å². The minimum atomic E-state index is -0.912. The predicted octanol–water partition coefficient (Wildman–Crippen LogP) is 8.24. The molecule has 0 saturated heterocycles. The first-order valence-electron chi connectivity index (χ1n) is 15.2. The summed E-state index contributed by atoms with van der Waals surface area (Å²) in [5.74, 6) is -1.49.